The largest absolute Gasteiger partial charge is 0.519 e. The molecule has 0 atom stereocenters. The molecular formula is C19H15NO4. The molecule has 0 aliphatic carbocycles. The first-order chi connectivity index (χ1) is 11.7. The average Bonchev–Trinajstić information content (AvgIpc) is 2.59. The highest BCUT2D eigenvalue weighted by Gasteiger charge is 2.13. The fraction of sp³-hybridized carbons (Fsp3) is 0.0526. The minimum Gasteiger partial charge on any atom is -0.394 e. The number of pyridine rings is 1. The number of hydrogen-bond donors (Lipinski definition) is 1. The summed E-state index contributed by atoms with van der Waals surface area (Å²) in [5, 5.41) is 1.76. The maximum Gasteiger partial charge on any atom is 0.519 e. The van der Waals surface area contributed by atoms with Gasteiger partial charge in [-0.1, -0.05) is 36.4 Å². The van der Waals surface area contributed by atoms with Gasteiger partial charge in [0, 0.05) is 11.6 Å². The minimum atomic E-state index is -0.965. The van der Waals surface area contributed by atoms with Crippen LogP contribution in [0.15, 0.2) is 72.2 Å². The van der Waals surface area contributed by atoms with Gasteiger partial charge in [-0.15, -0.1) is 6.58 Å². The van der Waals surface area contributed by atoms with E-state index in [2.05, 4.69) is 11.6 Å². The standard InChI is InChI=1S/C19H15NO4/c1-2-6-13-10-11-16(15-8-4-3-7-14(13)15)23-19(22)24-17-9-5-12-20-18(17)21/h2-5,7-12H,1,6H2,(H,20,21). The van der Waals surface area contributed by atoms with Gasteiger partial charge in [0.05, 0.1) is 0 Å². The van der Waals surface area contributed by atoms with E-state index < -0.39 is 11.7 Å². The van der Waals surface area contributed by atoms with Crippen molar-refractivity contribution in [2.24, 2.45) is 0 Å². The van der Waals surface area contributed by atoms with E-state index in [4.69, 9.17) is 9.47 Å². The van der Waals surface area contributed by atoms with Gasteiger partial charge in [-0.05, 0) is 35.6 Å². The fourth-order valence-electron chi connectivity index (χ4n) is 2.44. The van der Waals surface area contributed by atoms with Crippen LogP contribution in [0.5, 0.6) is 11.5 Å². The summed E-state index contributed by atoms with van der Waals surface area (Å²) in [5.74, 6) is 0.255. The topological polar surface area (TPSA) is 68.4 Å². The molecule has 120 valence electrons. The number of nitrogens with one attached hydrogen (secondary N) is 1. The van der Waals surface area contributed by atoms with Gasteiger partial charge >= 0.3 is 6.16 Å². The van der Waals surface area contributed by atoms with Gasteiger partial charge in [0.1, 0.15) is 5.75 Å². The lowest BCUT2D eigenvalue weighted by Crippen LogP contribution is -2.19. The van der Waals surface area contributed by atoms with Gasteiger partial charge in [0.2, 0.25) is 0 Å². The molecule has 0 amide bonds. The Morgan fingerprint density at radius 2 is 1.75 bits per heavy atom. The number of benzene rings is 2. The third kappa shape index (κ3) is 3.20. The first kappa shape index (κ1) is 15.6. The first-order valence-corrected chi connectivity index (χ1v) is 7.38. The Bertz CT molecular complexity index is 959. The molecule has 1 aromatic heterocycles. The van der Waals surface area contributed by atoms with Crippen LogP contribution < -0.4 is 15.0 Å². The number of aromatic amines is 1. The summed E-state index contributed by atoms with van der Waals surface area (Å²) in [6.07, 6.45) is 3.02. The van der Waals surface area contributed by atoms with E-state index in [1.165, 1.54) is 12.3 Å². The van der Waals surface area contributed by atoms with E-state index in [9.17, 15) is 9.59 Å². The zero-order valence-corrected chi connectivity index (χ0v) is 12.8. The second-order valence-electron chi connectivity index (χ2n) is 5.08. The molecule has 3 aromatic rings. The van der Waals surface area contributed by atoms with Crippen molar-refractivity contribution < 1.29 is 14.3 Å². The Hall–Kier alpha value is -3.34. The molecule has 0 aliphatic heterocycles. The number of H-pyrrole nitrogens is 1. The minimum absolute atomic E-state index is 0.116. The molecule has 5 nitrogen and oxygen atoms in total. The van der Waals surface area contributed by atoms with Crippen molar-refractivity contribution in [2.45, 2.75) is 6.42 Å². The van der Waals surface area contributed by atoms with Crippen LogP contribution in [-0.2, 0) is 6.42 Å². The highest BCUT2D eigenvalue weighted by molar-refractivity contribution is 5.92. The first-order valence-electron chi connectivity index (χ1n) is 7.38. The van der Waals surface area contributed by atoms with Crippen LogP contribution in [-0.4, -0.2) is 11.1 Å². The Kier molecular flexibility index (Phi) is 4.43. The summed E-state index contributed by atoms with van der Waals surface area (Å²) in [5.41, 5.74) is 0.585. The number of carbonyl (C=O) groups excluding carboxylic acids is 1. The quantitative estimate of drug-likeness (QED) is 0.450. The monoisotopic (exact) mass is 321 g/mol. The molecule has 0 saturated heterocycles. The van der Waals surface area contributed by atoms with Crippen LogP contribution in [0.4, 0.5) is 4.79 Å². The van der Waals surface area contributed by atoms with Crippen molar-refractivity contribution in [3.63, 3.8) is 0 Å². The van der Waals surface area contributed by atoms with Gasteiger partial charge in [0.15, 0.2) is 5.75 Å². The van der Waals surface area contributed by atoms with E-state index in [-0.39, 0.29) is 5.75 Å². The smallest absolute Gasteiger partial charge is 0.394 e. The van der Waals surface area contributed by atoms with E-state index in [0.29, 0.717) is 12.2 Å². The van der Waals surface area contributed by atoms with Crippen molar-refractivity contribution in [3.05, 3.63) is 83.3 Å². The molecule has 1 N–H and O–H groups in total. The second kappa shape index (κ2) is 6.83. The summed E-state index contributed by atoms with van der Waals surface area (Å²) >= 11 is 0. The number of aromatic nitrogens is 1. The molecular weight excluding hydrogens is 306 g/mol. The van der Waals surface area contributed by atoms with Gasteiger partial charge in [0.25, 0.3) is 5.56 Å². The normalized spacial score (nSPS) is 10.3. The van der Waals surface area contributed by atoms with E-state index in [1.54, 1.807) is 12.1 Å². The molecule has 3 rings (SSSR count). The lowest BCUT2D eigenvalue weighted by molar-refractivity contribution is 0.152. The molecule has 0 bridgehead atoms. The highest BCUT2D eigenvalue weighted by atomic mass is 16.7. The van der Waals surface area contributed by atoms with E-state index in [0.717, 1.165) is 16.3 Å². The van der Waals surface area contributed by atoms with Crippen LogP contribution in [0, 0.1) is 0 Å². The third-order valence-electron chi connectivity index (χ3n) is 3.51. The zero-order chi connectivity index (χ0) is 16.9. The molecule has 5 heteroatoms. The van der Waals surface area contributed by atoms with Crippen molar-refractivity contribution in [1.82, 2.24) is 4.98 Å². The molecule has 0 saturated carbocycles. The Balaban J connectivity index is 1.89. The zero-order valence-electron chi connectivity index (χ0n) is 12.8. The lowest BCUT2D eigenvalue weighted by atomic mass is 10.0. The number of ether oxygens (including phenoxy) is 2. The van der Waals surface area contributed by atoms with Crippen molar-refractivity contribution in [1.29, 1.82) is 0 Å². The molecule has 1 heterocycles. The van der Waals surface area contributed by atoms with Gasteiger partial charge in [-0.2, -0.15) is 0 Å². The van der Waals surface area contributed by atoms with E-state index in [1.807, 2.05) is 36.4 Å². The lowest BCUT2D eigenvalue weighted by Gasteiger charge is -2.10. The Morgan fingerprint density at radius 3 is 2.50 bits per heavy atom. The summed E-state index contributed by atoms with van der Waals surface area (Å²) in [4.78, 5) is 25.9. The number of allylic oxidation sites excluding steroid dienone is 1. The molecule has 0 radical (unpaired) electrons. The van der Waals surface area contributed by atoms with Crippen LogP contribution in [0.3, 0.4) is 0 Å². The van der Waals surface area contributed by atoms with Crippen molar-refractivity contribution in [2.75, 3.05) is 0 Å². The molecule has 0 unspecified atom stereocenters. The van der Waals surface area contributed by atoms with E-state index >= 15 is 0 Å². The van der Waals surface area contributed by atoms with Gasteiger partial charge in [-0.25, -0.2) is 4.79 Å². The van der Waals surface area contributed by atoms with Crippen LogP contribution in [0.2, 0.25) is 0 Å². The summed E-state index contributed by atoms with van der Waals surface area (Å²) in [6, 6.07) is 14.1. The molecule has 24 heavy (non-hydrogen) atoms. The Labute approximate surface area is 138 Å². The molecule has 0 fully saturated rings. The summed E-state index contributed by atoms with van der Waals surface area (Å²) in [6.45, 7) is 3.75. The van der Waals surface area contributed by atoms with Crippen LogP contribution >= 0.6 is 0 Å². The second-order valence-corrected chi connectivity index (χ2v) is 5.08. The maximum atomic E-state index is 12.0. The van der Waals surface area contributed by atoms with Crippen LogP contribution in [0.1, 0.15) is 5.56 Å². The Morgan fingerprint density at radius 1 is 1.00 bits per heavy atom. The number of rotatable bonds is 4. The molecule has 0 aliphatic rings. The van der Waals surface area contributed by atoms with Crippen molar-refractivity contribution in [3.8, 4) is 11.5 Å². The molecule has 2 aromatic carbocycles. The third-order valence-corrected chi connectivity index (χ3v) is 3.51. The fourth-order valence-corrected chi connectivity index (χ4v) is 2.44. The van der Waals surface area contributed by atoms with Gasteiger partial charge in [-0.3, -0.25) is 4.79 Å². The van der Waals surface area contributed by atoms with Crippen LogP contribution in [0.25, 0.3) is 10.8 Å². The van der Waals surface area contributed by atoms with Gasteiger partial charge < -0.3 is 14.5 Å². The summed E-state index contributed by atoms with van der Waals surface area (Å²) < 4.78 is 10.2. The summed E-state index contributed by atoms with van der Waals surface area (Å²) in [7, 11) is 0. The predicted molar refractivity (Wildman–Crippen MR) is 91.6 cm³/mol. The number of fused-ring (bicyclic) bond motifs is 1. The molecule has 0 spiro atoms. The number of carbonyl (C=O) groups is 1. The highest BCUT2D eigenvalue weighted by Crippen LogP contribution is 2.29. The maximum absolute atomic E-state index is 12.0. The predicted octanol–water partition coefficient (Wildman–Crippen LogP) is 3.83. The number of hydrogen-bond acceptors (Lipinski definition) is 4. The van der Waals surface area contributed by atoms with Crippen molar-refractivity contribution >= 4 is 16.9 Å². The average molecular weight is 321 g/mol. The SMILES string of the molecule is C=CCc1ccc(OC(=O)Oc2ccc[nH]c2=O)c2ccccc12.